The maximum Gasteiger partial charge on any atom is 0.410 e. The Labute approximate surface area is 218 Å². The molecule has 0 bridgehead atoms. The molecule has 2 atom stereocenters. The number of hydrogen-bond donors (Lipinski definition) is 2. The number of thioether (sulfide) groups is 1. The number of amides is 2. The summed E-state index contributed by atoms with van der Waals surface area (Å²) in [5.41, 5.74) is 3.94. The Kier molecular flexibility index (Phi) is 4.99. The van der Waals surface area contributed by atoms with Gasteiger partial charge >= 0.3 is 6.09 Å². The summed E-state index contributed by atoms with van der Waals surface area (Å²) in [6.45, 7) is 0.393. The number of carbonyl (C=O) groups is 2. The molecule has 0 saturated carbocycles. The van der Waals surface area contributed by atoms with Crippen LogP contribution in [0.25, 0.3) is 11.3 Å². The fraction of sp³-hybridized carbons (Fsp3) is 0.269. The summed E-state index contributed by atoms with van der Waals surface area (Å²) < 4.78 is 36.5. The van der Waals surface area contributed by atoms with Crippen LogP contribution in [0.5, 0.6) is 5.75 Å². The summed E-state index contributed by atoms with van der Waals surface area (Å²) >= 11 is 1.40. The maximum absolute atomic E-state index is 15.1. The van der Waals surface area contributed by atoms with Gasteiger partial charge in [-0.2, -0.15) is 0 Å². The van der Waals surface area contributed by atoms with E-state index in [-0.39, 0.29) is 60.4 Å². The van der Waals surface area contributed by atoms with Crippen LogP contribution < -0.4 is 10.9 Å². The van der Waals surface area contributed by atoms with Gasteiger partial charge in [-0.1, -0.05) is 18.2 Å². The second-order valence-electron chi connectivity index (χ2n) is 9.66. The minimum atomic E-state index is -1.08. The van der Waals surface area contributed by atoms with Gasteiger partial charge < -0.3 is 20.2 Å². The third-order valence-electron chi connectivity index (χ3n) is 7.58. The van der Waals surface area contributed by atoms with Crippen LogP contribution in [-0.4, -0.2) is 63.5 Å². The molecular formula is C26H20F2N4O5S. The molecule has 0 aliphatic carbocycles. The van der Waals surface area contributed by atoms with E-state index in [1.165, 1.54) is 26.2 Å². The number of rotatable bonds is 1. The van der Waals surface area contributed by atoms with E-state index >= 15 is 4.39 Å². The average molecular weight is 539 g/mol. The number of fused-ring (bicyclic) bond motifs is 5. The number of benzene rings is 2. The Morgan fingerprint density at radius 3 is 2.71 bits per heavy atom. The van der Waals surface area contributed by atoms with Gasteiger partial charge in [-0.15, -0.1) is 11.8 Å². The molecule has 0 spiro atoms. The molecule has 2 amide bonds. The number of pyridine rings is 1. The van der Waals surface area contributed by atoms with Crippen LogP contribution in [0, 0.1) is 11.6 Å². The highest BCUT2D eigenvalue weighted by atomic mass is 32.2. The molecule has 1 aromatic heterocycles. The van der Waals surface area contributed by atoms with E-state index in [1.54, 1.807) is 0 Å². The molecule has 38 heavy (non-hydrogen) atoms. The minimum Gasteiger partial charge on any atom is -0.502 e. The predicted molar refractivity (Wildman–Crippen MR) is 133 cm³/mol. The summed E-state index contributed by atoms with van der Waals surface area (Å²) in [4.78, 5) is 42.6. The number of aromatic nitrogens is 1. The van der Waals surface area contributed by atoms with Gasteiger partial charge in [0.25, 0.3) is 5.91 Å². The molecule has 194 valence electrons. The summed E-state index contributed by atoms with van der Waals surface area (Å²) in [7, 11) is 0. The van der Waals surface area contributed by atoms with Crippen LogP contribution in [-0.2, 0) is 16.9 Å². The molecule has 3 aromatic rings. The van der Waals surface area contributed by atoms with Crippen molar-refractivity contribution in [1.82, 2.24) is 14.5 Å². The number of cyclic esters (lactones) is 1. The van der Waals surface area contributed by atoms with Crippen molar-refractivity contribution in [1.29, 1.82) is 0 Å². The Hall–Kier alpha value is -4.06. The highest BCUT2D eigenvalue weighted by molar-refractivity contribution is 7.98. The number of nitrogens with zero attached hydrogens (tertiary/aromatic N) is 3. The van der Waals surface area contributed by atoms with E-state index in [0.717, 1.165) is 22.6 Å². The fourth-order valence-corrected chi connectivity index (χ4v) is 6.78. The first kappa shape index (κ1) is 23.1. The largest absolute Gasteiger partial charge is 0.502 e. The van der Waals surface area contributed by atoms with E-state index < -0.39 is 41.0 Å². The molecule has 4 aliphatic rings. The first-order valence-corrected chi connectivity index (χ1v) is 13.0. The third kappa shape index (κ3) is 3.25. The van der Waals surface area contributed by atoms with Crippen LogP contribution in [0.3, 0.4) is 0 Å². The predicted octanol–water partition coefficient (Wildman–Crippen LogP) is 2.86. The van der Waals surface area contributed by atoms with Crippen molar-refractivity contribution in [3.63, 3.8) is 0 Å². The fourth-order valence-electron chi connectivity index (χ4n) is 5.68. The lowest BCUT2D eigenvalue weighted by Gasteiger charge is -2.46. The van der Waals surface area contributed by atoms with E-state index in [1.807, 2.05) is 24.3 Å². The molecule has 4 aliphatic heterocycles. The highest BCUT2D eigenvalue weighted by Crippen LogP contribution is 2.41. The molecule has 2 aromatic carbocycles. The highest BCUT2D eigenvalue weighted by Gasteiger charge is 2.47. The summed E-state index contributed by atoms with van der Waals surface area (Å²) in [6, 6.07) is 9.37. The Morgan fingerprint density at radius 1 is 1.05 bits per heavy atom. The van der Waals surface area contributed by atoms with Gasteiger partial charge in [0.1, 0.15) is 12.8 Å². The number of nitrogens with one attached hydrogen (secondary N) is 1. The lowest BCUT2D eigenvalue weighted by molar-refractivity contribution is 0.0395. The Bertz CT molecular complexity index is 1630. The second-order valence-corrected chi connectivity index (χ2v) is 10.7. The standard InChI is InChI=1S/C26H20F2N4O5S/c27-17-6-15(14-5-12-3-1-2-4-20(12)38-11-16(14)22(17)28)18-7-19(33)24(34)23-25(35)31-8-13-10-37-26(36)30(13)9-21(31)29-32(18)23/h1-4,6-7,13,21,29,34H,5,8-11H2/t13?,21-/m0/s1. The van der Waals surface area contributed by atoms with Crippen molar-refractivity contribution in [2.24, 2.45) is 0 Å². The van der Waals surface area contributed by atoms with E-state index in [4.69, 9.17) is 4.74 Å². The summed E-state index contributed by atoms with van der Waals surface area (Å²) in [5.74, 6) is -3.21. The first-order valence-electron chi connectivity index (χ1n) is 12.0. The van der Waals surface area contributed by atoms with Crippen LogP contribution in [0.15, 0.2) is 46.1 Å². The van der Waals surface area contributed by atoms with E-state index in [0.29, 0.717) is 5.56 Å². The molecule has 2 saturated heterocycles. The second kappa shape index (κ2) is 8.22. The number of carbonyl (C=O) groups excluding carboxylic acids is 2. The zero-order valence-electron chi connectivity index (χ0n) is 19.7. The third-order valence-corrected chi connectivity index (χ3v) is 8.72. The maximum atomic E-state index is 15.1. The normalized spacial score (nSPS) is 21.4. The molecule has 12 heteroatoms. The molecule has 7 rings (SSSR count). The SMILES string of the molecule is O=C1OCC2CN3C(=O)c4c(O)c(=O)cc(-c5cc(F)c(F)c6c5Cc5ccccc5SC6)n4N[C@@H]3CN12. The minimum absolute atomic E-state index is 0.112. The number of ether oxygens (including phenoxy) is 1. The van der Waals surface area contributed by atoms with E-state index in [9.17, 15) is 23.9 Å². The molecule has 0 radical (unpaired) electrons. The number of halogens is 2. The zero-order valence-corrected chi connectivity index (χ0v) is 20.6. The van der Waals surface area contributed by atoms with E-state index in [2.05, 4.69) is 5.43 Å². The molecule has 9 nitrogen and oxygen atoms in total. The topological polar surface area (TPSA) is 104 Å². The lowest BCUT2D eigenvalue weighted by Crippen LogP contribution is -2.65. The molecule has 1 unspecified atom stereocenters. The zero-order chi connectivity index (χ0) is 26.3. The van der Waals surface area contributed by atoms with Crippen molar-refractivity contribution >= 4 is 23.8 Å². The van der Waals surface area contributed by atoms with Gasteiger partial charge in [-0.3, -0.25) is 14.5 Å². The van der Waals surface area contributed by atoms with Gasteiger partial charge in [0, 0.05) is 34.4 Å². The summed E-state index contributed by atoms with van der Waals surface area (Å²) in [5, 5.41) is 10.7. The Morgan fingerprint density at radius 2 is 1.87 bits per heavy atom. The Balaban J connectivity index is 1.42. The van der Waals surface area contributed by atoms with Crippen molar-refractivity contribution in [2.45, 2.75) is 29.3 Å². The van der Waals surface area contributed by atoms with Gasteiger partial charge in [-0.25, -0.2) is 18.3 Å². The first-order chi connectivity index (χ1) is 18.3. The molecule has 2 fully saturated rings. The van der Waals surface area contributed by atoms with Gasteiger partial charge in [-0.05, 0) is 29.7 Å². The summed E-state index contributed by atoms with van der Waals surface area (Å²) in [6.07, 6.45) is -0.905. The molecule has 2 N–H and O–H groups in total. The lowest BCUT2D eigenvalue weighted by atomic mass is 9.92. The van der Waals surface area contributed by atoms with Crippen LogP contribution in [0.4, 0.5) is 13.6 Å². The number of hydrogen-bond acceptors (Lipinski definition) is 7. The van der Waals surface area contributed by atoms with Crippen molar-refractivity contribution < 1.29 is 28.2 Å². The van der Waals surface area contributed by atoms with Crippen molar-refractivity contribution in [2.75, 3.05) is 25.1 Å². The van der Waals surface area contributed by atoms with Crippen molar-refractivity contribution in [3.05, 3.63) is 80.6 Å². The molecular weight excluding hydrogens is 518 g/mol. The van der Waals surface area contributed by atoms with Gasteiger partial charge in [0.15, 0.2) is 23.1 Å². The quantitative estimate of drug-likeness (QED) is 0.491. The monoisotopic (exact) mass is 538 g/mol. The smallest absolute Gasteiger partial charge is 0.410 e. The van der Waals surface area contributed by atoms with Crippen LogP contribution >= 0.6 is 11.8 Å². The number of piperazine rings is 1. The van der Waals surface area contributed by atoms with Crippen LogP contribution in [0.1, 0.15) is 27.2 Å². The van der Waals surface area contributed by atoms with Crippen molar-refractivity contribution in [3.8, 4) is 17.0 Å². The molecule has 5 heterocycles. The van der Waals surface area contributed by atoms with Gasteiger partial charge in [0.05, 0.1) is 18.3 Å². The number of aromatic hydroxyl groups is 1. The average Bonchev–Trinajstić information content (AvgIpc) is 3.14. The van der Waals surface area contributed by atoms with Gasteiger partial charge in [0.2, 0.25) is 5.43 Å². The van der Waals surface area contributed by atoms with Crippen LogP contribution in [0.2, 0.25) is 0 Å².